The van der Waals surface area contributed by atoms with E-state index in [1.165, 1.54) is 30.6 Å². The van der Waals surface area contributed by atoms with E-state index in [2.05, 4.69) is 15.2 Å². The highest BCUT2D eigenvalue weighted by Gasteiger charge is 2.35. The third kappa shape index (κ3) is 4.23. The molecule has 1 atom stereocenters. The van der Waals surface area contributed by atoms with Crippen LogP contribution in [0.25, 0.3) is 0 Å². The van der Waals surface area contributed by atoms with Gasteiger partial charge in [0.15, 0.2) is 0 Å². The maximum Gasteiger partial charge on any atom is 0.263 e. The molecule has 3 heterocycles. The number of aromatic nitrogens is 1. The summed E-state index contributed by atoms with van der Waals surface area (Å²) in [5, 5.41) is 3.85. The van der Waals surface area contributed by atoms with E-state index < -0.39 is 0 Å². The van der Waals surface area contributed by atoms with Crippen molar-refractivity contribution >= 4 is 23.2 Å². The van der Waals surface area contributed by atoms with Gasteiger partial charge in [-0.1, -0.05) is 6.42 Å². The number of amides is 2. The highest BCUT2D eigenvalue weighted by atomic mass is 32.1. The number of thiazole rings is 1. The monoisotopic (exact) mass is 406 g/mol. The molecule has 0 aromatic carbocycles. The predicted octanol–water partition coefficient (Wildman–Crippen LogP) is 1.73. The van der Waals surface area contributed by atoms with E-state index in [1.807, 2.05) is 18.7 Å². The molecular formula is C20H30N4O3S. The number of hydrogen-bond donors (Lipinski definition) is 1. The van der Waals surface area contributed by atoms with Crippen molar-refractivity contribution in [1.82, 2.24) is 20.1 Å². The molecule has 1 aliphatic carbocycles. The van der Waals surface area contributed by atoms with Gasteiger partial charge in [-0.15, -0.1) is 11.3 Å². The van der Waals surface area contributed by atoms with Crippen LogP contribution < -0.4 is 5.32 Å². The molecule has 8 heteroatoms. The maximum atomic E-state index is 12.4. The molecule has 0 spiro atoms. The first-order valence-electron chi connectivity index (χ1n) is 10.4. The fourth-order valence-electron chi connectivity index (χ4n) is 4.47. The lowest BCUT2D eigenvalue weighted by Gasteiger charge is -2.45. The number of aryl methyl sites for hydroxylation is 2. The number of hydrogen-bond acceptors (Lipinski definition) is 6. The van der Waals surface area contributed by atoms with Gasteiger partial charge in [0.2, 0.25) is 5.91 Å². The first kappa shape index (κ1) is 19.8. The van der Waals surface area contributed by atoms with Crippen molar-refractivity contribution in [1.29, 1.82) is 0 Å². The van der Waals surface area contributed by atoms with Crippen LogP contribution in [0.1, 0.15) is 52.5 Å². The normalized spacial score (nSPS) is 25.0. The minimum absolute atomic E-state index is 0.0820. The largest absolute Gasteiger partial charge is 0.365 e. The number of likely N-dealkylation sites (tertiary alicyclic amines) is 1. The lowest BCUT2D eigenvalue weighted by Crippen LogP contribution is -2.57. The van der Waals surface area contributed by atoms with Crippen LogP contribution in [0, 0.1) is 13.8 Å². The van der Waals surface area contributed by atoms with E-state index in [0.717, 1.165) is 42.7 Å². The molecule has 2 amide bonds. The zero-order chi connectivity index (χ0) is 19.7. The highest BCUT2D eigenvalue weighted by Crippen LogP contribution is 2.29. The standard InChI is InChI=1S/C20H30N4O3S/c1-13-19(28-14(2)22-13)20(26)21-10-17-11-24(18(25)12-27-17)16-6-8-23(9-7-16)15-4-3-5-15/h15-17H,3-12H2,1-2H3,(H,21,26). The Bertz CT molecular complexity index is 725. The zero-order valence-corrected chi connectivity index (χ0v) is 17.6. The molecule has 4 rings (SSSR count). The Morgan fingerprint density at radius 2 is 1.96 bits per heavy atom. The molecule has 3 aliphatic rings. The van der Waals surface area contributed by atoms with Gasteiger partial charge < -0.3 is 19.9 Å². The Balaban J connectivity index is 1.28. The van der Waals surface area contributed by atoms with Gasteiger partial charge in [0, 0.05) is 38.3 Å². The summed E-state index contributed by atoms with van der Waals surface area (Å²) in [5.74, 6) is -0.0254. The van der Waals surface area contributed by atoms with Crippen LogP contribution in [0.2, 0.25) is 0 Å². The second-order valence-corrected chi connectivity index (χ2v) is 9.39. The van der Waals surface area contributed by atoms with Crippen molar-refractivity contribution < 1.29 is 14.3 Å². The van der Waals surface area contributed by atoms with E-state index in [0.29, 0.717) is 24.0 Å². The third-order valence-corrected chi connectivity index (χ3v) is 7.37. The van der Waals surface area contributed by atoms with Crippen LogP contribution in [0.4, 0.5) is 0 Å². The highest BCUT2D eigenvalue weighted by molar-refractivity contribution is 7.13. The van der Waals surface area contributed by atoms with Crippen LogP contribution >= 0.6 is 11.3 Å². The quantitative estimate of drug-likeness (QED) is 0.806. The maximum absolute atomic E-state index is 12.4. The number of morpholine rings is 1. The van der Waals surface area contributed by atoms with Gasteiger partial charge in [0.05, 0.1) is 16.8 Å². The topological polar surface area (TPSA) is 74.8 Å². The minimum atomic E-state index is -0.152. The lowest BCUT2D eigenvalue weighted by atomic mass is 9.89. The second-order valence-electron chi connectivity index (χ2n) is 8.19. The number of ether oxygens (including phenoxy) is 1. The molecule has 1 saturated carbocycles. The first-order chi connectivity index (χ1) is 13.5. The van der Waals surface area contributed by atoms with Crippen molar-refractivity contribution in [3.05, 3.63) is 15.6 Å². The van der Waals surface area contributed by atoms with E-state index in [9.17, 15) is 9.59 Å². The number of nitrogens with one attached hydrogen (secondary N) is 1. The van der Waals surface area contributed by atoms with Crippen LogP contribution in [0.5, 0.6) is 0 Å². The summed E-state index contributed by atoms with van der Waals surface area (Å²) in [7, 11) is 0. The van der Waals surface area contributed by atoms with Crippen molar-refractivity contribution in [2.75, 3.05) is 32.8 Å². The molecule has 2 saturated heterocycles. The number of piperidine rings is 1. The van der Waals surface area contributed by atoms with E-state index in [1.54, 1.807) is 0 Å². The van der Waals surface area contributed by atoms with Gasteiger partial charge in [0.25, 0.3) is 5.91 Å². The molecule has 1 aromatic rings. The van der Waals surface area contributed by atoms with Crippen LogP contribution in [0.3, 0.4) is 0 Å². The number of carbonyl (C=O) groups is 2. The van der Waals surface area contributed by atoms with Crippen molar-refractivity contribution in [3.63, 3.8) is 0 Å². The van der Waals surface area contributed by atoms with Crippen LogP contribution in [0.15, 0.2) is 0 Å². The molecule has 0 radical (unpaired) electrons. The molecule has 154 valence electrons. The fourth-order valence-corrected chi connectivity index (χ4v) is 5.30. The Kier molecular flexibility index (Phi) is 5.99. The summed E-state index contributed by atoms with van der Waals surface area (Å²) in [6, 6.07) is 1.08. The summed E-state index contributed by atoms with van der Waals surface area (Å²) >= 11 is 1.41. The van der Waals surface area contributed by atoms with E-state index >= 15 is 0 Å². The molecular weight excluding hydrogens is 376 g/mol. The molecule has 7 nitrogen and oxygen atoms in total. The lowest BCUT2D eigenvalue weighted by molar-refractivity contribution is -0.153. The fraction of sp³-hybridized carbons (Fsp3) is 0.750. The number of carbonyl (C=O) groups excluding carboxylic acids is 2. The predicted molar refractivity (Wildman–Crippen MR) is 108 cm³/mol. The van der Waals surface area contributed by atoms with Crippen LogP contribution in [-0.2, 0) is 9.53 Å². The molecule has 1 unspecified atom stereocenters. The summed E-state index contributed by atoms with van der Waals surface area (Å²) in [6.07, 6.45) is 5.96. The summed E-state index contributed by atoms with van der Waals surface area (Å²) in [6.45, 7) is 7.02. The van der Waals surface area contributed by atoms with Crippen molar-refractivity contribution in [2.24, 2.45) is 0 Å². The molecule has 3 fully saturated rings. The minimum Gasteiger partial charge on any atom is -0.365 e. The zero-order valence-electron chi connectivity index (χ0n) is 16.8. The van der Waals surface area contributed by atoms with Crippen molar-refractivity contribution in [2.45, 2.75) is 64.1 Å². The molecule has 0 bridgehead atoms. The van der Waals surface area contributed by atoms with E-state index in [4.69, 9.17) is 4.74 Å². The second kappa shape index (κ2) is 8.47. The Labute approximate surface area is 170 Å². The average Bonchev–Trinajstić information content (AvgIpc) is 2.98. The Morgan fingerprint density at radius 3 is 2.57 bits per heavy atom. The van der Waals surface area contributed by atoms with Gasteiger partial charge in [-0.05, 0) is 39.5 Å². The summed E-state index contributed by atoms with van der Waals surface area (Å²) in [5.41, 5.74) is 0.764. The molecule has 1 N–H and O–H groups in total. The number of nitrogens with zero attached hydrogens (tertiary/aromatic N) is 3. The third-order valence-electron chi connectivity index (χ3n) is 6.29. The molecule has 28 heavy (non-hydrogen) atoms. The summed E-state index contributed by atoms with van der Waals surface area (Å²) < 4.78 is 5.69. The Hall–Kier alpha value is -1.51. The van der Waals surface area contributed by atoms with Crippen molar-refractivity contribution in [3.8, 4) is 0 Å². The average molecular weight is 407 g/mol. The number of rotatable bonds is 5. The van der Waals surface area contributed by atoms with Gasteiger partial charge in [0.1, 0.15) is 11.5 Å². The molecule has 2 aliphatic heterocycles. The first-order valence-corrected chi connectivity index (χ1v) is 11.2. The van der Waals surface area contributed by atoms with Gasteiger partial charge >= 0.3 is 0 Å². The SMILES string of the molecule is Cc1nc(C)c(C(=O)NCC2CN(C3CCN(C4CCC4)CC3)C(=O)CO2)s1. The smallest absolute Gasteiger partial charge is 0.263 e. The van der Waals surface area contributed by atoms with Gasteiger partial charge in [-0.25, -0.2) is 4.98 Å². The van der Waals surface area contributed by atoms with E-state index in [-0.39, 0.29) is 24.5 Å². The molecule has 1 aromatic heterocycles. The summed E-state index contributed by atoms with van der Waals surface area (Å²) in [4.78, 5) is 34.4. The van der Waals surface area contributed by atoms with Gasteiger partial charge in [-0.2, -0.15) is 0 Å². The Morgan fingerprint density at radius 1 is 1.21 bits per heavy atom. The van der Waals surface area contributed by atoms with Gasteiger partial charge in [-0.3, -0.25) is 9.59 Å². The van der Waals surface area contributed by atoms with Crippen LogP contribution in [-0.4, -0.2) is 77.6 Å².